The van der Waals surface area contributed by atoms with Crippen LogP contribution in [0.25, 0.3) is 0 Å². The van der Waals surface area contributed by atoms with Crippen molar-refractivity contribution in [3.05, 3.63) is 101 Å². The van der Waals surface area contributed by atoms with E-state index in [0.717, 1.165) is 29.3 Å². The van der Waals surface area contributed by atoms with Gasteiger partial charge in [-0.3, -0.25) is 10.1 Å². The first-order chi connectivity index (χ1) is 15.4. The molecule has 32 heavy (non-hydrogen) atoms. The van der Waals surface area contributed by atoms with Crippen LogP contribution in [0.1, 0.15) is 34.0 Å². The minimum absolute atomic E-state index is 0.335. The highest BCUT2D eigenvalue weighted by atomic mass is 19.1. The van der Waals surface area contributed by atoms with Crippen LogP contribution in [0.5, 0.6) is 0 Å². The van der Waals surface area contributed by atoms with Crippen molar-refractivity contribution in [1.29, 1.82) is 0 Å². The van der Waals surface area contributed by atoms with E-state index in [1.165, 1.54) is 12.1 Å². The SMILES string of the molecule is O=C(NC(=O)c1c(F)cccc1F)Nc1ccc(C2CC(c3ccc(F)cc3)=NO2)cc1. The van der Waals surface area contributed by atoms with Gasteiger partial charge < -0.3 is 10.2 Å². The lowest BCUT2D eigenvalue weighted by molar-refractivity contribution is 0.0857. The number of hydrogen-bond donors (Lipinski definition) is 2. The molecule has 3 aromatic carbocycles. The zero-order valence-corrected chi connectivity index (χ0v) is 16.4. The molecule has 162 valence electrons. The maximum Gasteiger partial charge on any atom is 0.326 e. The Bertz CT molecular complexity index is 1180. The molecule has 6 nitrogen and oxygen atoms in total. The number of amides is 3. The number of anilines is 1. The summed E-state index contributed by atoms with van der Waals surface area (Å²) in [5, 5.41) is 8.36. The Kier molecular flexibility index (Phi) is 5.89. The summed E-state index contributed by atoms with van der Waals surface area (Å²) in [6.07, 6.45) is 0.144. The molecule has 3 amide bonds. The number of carbonyl (C=O) groups is 2. The summed E-state index contributed by atoms with van der Waals surface area (Å²) >= 11 is 0. The maximum absolute atomic E-state index is 13.7. The Morgan fingerprint density at radius 3 is 2.22 bits per heavy atom. The van der Waals surface area contributed by atoms with Crippen molar-refractivity contribution >= 4 is 23.3 Å². The average molecular weight is 439 g/mol. The summed E-state index contributed by atoms with van der Waals surface area (Å²) in [7, 11) is 0. The van der Waals surface area contributed by atoms with Gasteiger partial charge in [-0.15, -0.1) is 0 Å². The summed E-state index contributed by atoms with van der Waals surface area (Å²) in [6.45, 7) is 0. The van der Waals surface area contributed by atoms with Crippen LogP contribution in [0.15, 0.2) is 71.9 Å². The van der Waals surface area contributed by atoms with Gasteiger partial charge >= 0.3 is 6.03 Å². The van der Waals surface area contributed by atoms with E-state index in [2.05, 4.69) is 10.5 Å². The van der Waals surface area contributed by atoms with Gasteiger partial charge in [-0.25, -0.2) is 18.0 Å². The van der Waals surface area contributed by atoms with E-state index in [1.807, 2.05) is 5.32 Å². The first kappa shape index (κ1) is 21.1. The lowest BCUT2D eigenvalue weighted by Gasteiger charge is -2.11. The zero-order chi connectivity index (χ0) is 22.7. The van der Waals surface area contributed by atoms with E-state index in [-0.39, 0.29) is 11.9 Å². The largest absolute Gasteiger partial charge is 0.387 e. The number of nitrogens with one attached hydrogen (secondary N) is 2. The number of benzene rings is 3. The van der Waals surface area contributed by atoms with Crippen LogP contribution in [0, 0.1) is 17.5 Å². The third-order valence-corrected chi connectivity index (χ3v) is 4.80. The highest BCUT2D eigenvalue weighted by Gasteiger charge is 2.24. The van der Waals surface area contributed by atoms with Crippen LogP contribution in [-0.2, 0) is 4.84 Å². The molecule has 0 fully saturated rings. The number of imide groups is 1. The summed E-state index contributed by atoms with van der Waals surface area (Å²) in [4.78, 5) is 29.5. The Morgan fingerprint density at radius 1 is 0.906 bits per heavy atom. The van der Waals surface area contributed by atoms with Crippen LogP contribution >= 0.6 is 0 Å². The molecule has 0 aromatic heterocycles. The maximum atomic E-state index is 13.7. The van der Waals surface area contributed by atoms with Crippen LogP contribution < -0.4 is 10.6 Å². The number of carbonyl (C=O) groups excluding carboxylic acids is 2. The summed E-state index contributed by atoms with van der Waals surface area (Å²) < 4.78 is 40.4. The number of rotatable bonds is 4. The summed E-state index contributed by atoms with van der Waals surface area (Å²) in [5.41, 5.74) is 1.76. The highest BCUT2D eigenvalue weighted by Crippen LogP contribution is 2.30. The molecule has 2 N–H and O–H groups in total. The Balaban J connectivity index is 1.34. The second-order valence-corrected chi connectivity index (χ2v) is 6.97. The molecule has 9 heteroatoms. The van der Waals surface area contributed by atoms with Crippen molar-refractivity contribution in [3.63, 3.8) is 0 Å². The van der Waals surface area contributed by atoms with Gasteiger partial charge in [0, 0.05) is 12.1 Å². The van der Waals surface area contributed by atoms with Crippen LogP contribution in [0.4, 0.5) is 23.7 Å². The lowest BCUT2D eigenvalue weighted by atomic mass is 10.00. The Morgan fingerprint density at radius 2 is 1.56 bits per heavy atom. The lowest BCUT2D eigenvalue weighted by Crippen LogP contribution is -2.35. The molecule has 0 radical (unpaired) electrons. The topological polar surface area (TPSA) is 79.8 Å². The molecule has 0 aliphatic carbocycles. The van der Waals surface area contributed by atoms with Gasteiger partial charge in [0.05, 0.1) is 5.71 Å². The molecule has 1 aliphatic heterocycles. The van der Waals surface area contributed by atoms with Crippen molar-refractivity contribution in [2.24, 2.45) is 5.16 Å². The van der Waals surface area contributed by atoms with Crippen molar-refractivity contribution < 1.29 is 27.6 Å². The monoisotopic (exact) mass is 439 g/mol. The highest BCUT2D eigenvalue weighted by molar-refractivity contribution is 6.08. The fourth-order valence-corrected chi connectivity index (χ4v) is 3.19. The second kappa shape index (κ2) is 8.93. The van der Waals surface area contributed by atoms with Crippen molar-refractivity contribution in [2.75, 3.05) is 5.32 Å². The Labute approximate surface area is 180 Å². The molecule has 0 spiro atoms. The van der Waals surface area contributed by atoms with Gasteiger partial charge in [-0.05, 0) is 47.5 Å². The van der Waals surface area contributed by atoms with Crippen LogP contribution in [0.3, 0.4) is 0 Å². The zero-order valence-electron chi connectivity index (χ0n) is 16.4. The molecule has 4 rings (SSSR count). The fourth-order valence-electron chi connectivity index (χ4n) is 3.19. The number of urea groups is 1. The first-order valence-corrected chi connectivity index (χ1v) is 9.55. The van der Waals surface area contributed by atoms with E-state index in [4.69, 9.17) is 4.84 Å². The standard InChI is InChI=1S/C23H16F3N3O3/c24-15-8-4-13(5-9-15)19-12-20(32-29-19)14-6-10-16(11-7-14)27-23(31)28-22(30)21-17(25)2-1-3-18(21)26/h1-11,20H,12H2,(H2,27,28,30,31). The van der Waals surface area contributed by atoms with Crippen molar-refractivity contribution in [1.82, 2.24) is 5.32 Å². The molecular weight excluding hydrogens is 423 g/mol. The molecule has 0 saturated carbocycles. The molecular formula is C23H16F3N3O3. The van der Waals surface area contributed by atoms with E-state index < -0.39 is 29.1 Å². The van der Waals surface area contributed by atoms with Gasteiger partial charge in [0.1, 0.15) is 23.0 Å². The van der Waals surface area contributed by atoms with E-state index >= 15 is 0 Å². The Hall–Kier alpha value is -4.14. The third-order valence-electron chi connectivity index (χ3n) is 4.80. The van der Waals surface area contributed by atoms with Gasteiger partial charge in [-0.2, -0.15) is 0 Å². The first-order valence-electron chi connectivity index (χ1n) is 9.55. The summed E-state index contributed by atoms with van der Waals surface area (Å²) in [5.74, 6) is -3.67. The van der Waals surface area contributed by atoms with Crippen molar-refractivity contribution in [3.8, 4) is 0 Å². The number of oxime groups is 1. The normalized spacial score (nSPS) is 15.0. The molecule has 1 heterocycles. The van der Waals surface area contributed by atoms with E-state index in [1.54, 1.807) is 36.4 Å². The quantitative estimate of drug-likeness (QED) is 0.605. The number of halogens is 3. The minimum atomic E-state index is -1.19. The van der Waals surface area contributed by atoms with E-state index in [9.17, 15) is 22.8 Å². The van der Waals surface area contributed by atoms with Crippen molar-refractivity contribution in [2.45, 2.75) is 12.5 Å². The van der Waals surface area contributed by atoms with Gasteiger partial charge in [-0.1, -0.05) is 35.5 Å². The molecule has 0 saturated heterocycles. The van der Waals surface area contributed by atoms with Gasteiger partial charge in [0.2, 0.25) is 0 Å². The minimum Gasteiger partial charge on any atom is -0.387 e. The molecule has 0 bridgehead atoms. The number of hydrogen-bond acceptors (Lipinski definition) is 4. The fraction of sp³-hybridized carbons (Fsp3) is 0.0870. The smallest absolute Gasteiger partial charge is 0.326 e. The van der Waals surface area contributed by atoms with Crippen LogP contribution in [-0.4, -0.2) is 17.6 Å². The van der Waals surface area contributed by atoms with Gasteiger partial charge in [0.25, 0.3) is 5.91 Å². The molecule has 1 unspecified atom stereocenters. The predicted molar refractivity (Wildman–Crippen MR) is 111 cm³/mol. The molecule has 1 atom stereocenters. The van der Waals surface area contributed by atoms with E-state index in [0.29, 0.717) is 17.8 Å². The average Bonchev–Trinajstić information content (AvgIpc) is 3.25. The third kappa shape index (κ3) is 4.61. The second-order valence-electron chi connectivity index (χ2n) is 6.97. The van der Waals surface area contributed by atoms with Crippen LogP contribution in [0.2, 0.25) is 0 Å². The number of nitrogens with zero attached hydrogens (tertiary/aromatic N) is 1. The molecule has 1 aliphatic rings. The molecule has 3 aromatic rings. The predicted octanol–water partition coefficient (Wildman–Crippen LogP) is 4.93. The van der Waals surface area contributed by atoms with Gasteiger partial charge in [0.15, 0.2) is 6.10 Å². The summed E-state index contributed by atoms with van der Waals surface area (Å²) in [6, 6.07) is 14.6.